The van der Waals surface area contributed by atoms with Crippen molar-refractivity contribution in [2.24, 2.45) is 0 Å². The number of nitrogens with zero attached hydrogens (tertiary/aromatic N) is 1. The van der Waals surface area contributed by atoms with Gasteiger partial charge in [0.05, 0.1) is 11.0 Å². The first-order valence-electron chi connectivity index (χ1n) is 5.13. The number of fused-ring (bicyclic) bond motifs is 1. The Morgan fingerprint density at radius 2 is 1.76 bits per heavy atom. The topological polar surface area (TPSA) is 57.9 Å². The number of aryl methyl sites for hydroxylation is 1. The quantitative estimate of drug-likeness (QED) is 0.816. The molecule has 0 saturated heterocycles. The summed E-state index contributed by atoms with van der Waals surface area (Å²) in [4.78, 5) is 0.204. The van der Waals surface area contributed by atoms with Crippen molar-refractivity contribution in [3.05, 3.63) is 42.0 Å². The lowest BCUT2D eigenvalue weighted by Gasteiger charge is -2.03. The van der Waals surface area contributed by atoms with E-state index in [9.17, 15) is 8.42 Å². The third-order valence-electron chi connectivity index (χ3n) is 2.58. The van der Waals surface area contributed by atoms with Crippen LogP contribution in [0.4, 0.5) is 0 Å². The van der Waals surface area contributed by atoms with Crippen LogP contribution in [-0.4, -0.2) is 14.2 Å². The summed E-state index contributed by atoms with van der Waals surface area (Å²) in [6, 6.07) is 12.4. The van der Waals surface area contributed by atoms with E-state index in [2.05, 4.69) is 0 Å². The predicted molar refractivity (Wildman–Crippen MR) is 66.4 cm³/mol. The molecule has 0 aliphatic rings. The van der Waals surface area contributed by atoms with Crippen molar-refractivity contribution in [1.82, 2.24) is 0 Å². The summed E-state index contributed by atoms with van der Waals surface area (Å²) >= 11 is 0. The lowest BCUT2D eigenvalue weighted by molar-refractivity contribution is 0.599. The van der Waals surface area contributed by atoms with Crippen molar-refractivity contribution in [2.45, 2.75) is 11.8 Å². The van der Waals surface area contributed by atoms with E-state index in [4.69, 9.17) is 5.26 Å². The number of hydrogen-bond acceptors (Lipinski definition) is 3. The summed E-state index contributed by atoms with van der Waals surface area (Å²) in [5, 5.41) is 10.4. The molecule has 0 radical (unpaired) electrons. The molecule has 0 spiro atoms. The van der Waals surface area contributed by atoms with Crippen molar-refractivity contribution in [3.8, 4) is 6.07 Å². The van der Waals surface area contributed by atoms with Gasteiger partial charge in [-0.2, -0.15) is 5.26 Å². The predicted octanol–water partition coefficient (Wildman–Crippen LogP) is 2.45. The molecule has 0 aliphatic heterocycles. The van der Waals surface area contributed by atoms with Crippen LogP contribution in [0.5, 0.6) is 0 Å². The second kappa shape index (κ2) is 4.19. The summed E-state index contributed by atoms with van der Waals surface area (Å²) < 4.78 is 23.4. The zero-order chi connectivity index (χ0) is 12.5. The van der Waals surface area contributed by atoms with Crippen molar-refractivity contribution in [3.63, 3.8) is 0 Å². The zero-order valence-corrected chi connectivity index (χ0v) is 10.2. The molecule has 0 fully saturated rings. The van der Waals surface area contributed by atoms with E-state index in [1.807, 2.05) is 25.1 Å². The highest BCUT2D eigenvalue weighted by Crippen LogP contribution is 2.21. The fraction of sp³-hybridized carbons (Fsp3) is 0.154. The molecule has 4 heteroatoms. The number of hydrogen-bond donors (Lipinski definition) is 0. The van der Waals surface area contributed by atoms with Gasteiger partial charge < -0.3 is 0 Å². The molecule has 17 heavy (non-hydrogen) atoms. The zero-order valence-electron chi connectivity index (χ0n) is 9.34. The maximum Gasteiger partial charge on any atom is 0.191 e. The van der Waals surface area contributed by atoms with Crippen LogP contribution in [0.25, 0.3) is 10.8 Å². The lowest BCUT2D eigenvalue weighted by Crippen LogP contribution is -2.04. The van der Waals surface area contributed by atoms with Gasteiger partial charge in [-0.05, 0) is 29.8 Å². The van der Waals surface area contributed by atoms with Gasteiger partial charge >= 0.3 is 0 Å². The van der Waals surface area contributed by atoms with E-state index >= 15 is 0 Å². The Bertz CT molecular complexity index is 712. The Morgan fingerprint density at radius 3 is 2.47 bits per heavy atom. The highest BCUT2D eigenvalue weighted by Gasteiger charge is 2.13. The second-order valence-electron chi connectivity index (χ2n) is 3.93. The van der Waals surface area contributed by atoms with Gasteiger partial charge in [0.1, 0.15) is 5.75 Å². The fourth-order valence-corrected chi connectivity index (χ4v) is 2.62. The summed E-state index contributed by atoms with van der Waals surface area (Å²) in [5.41, 5.74) is 1.13. The van der Waals surface area contributed by atoms with Gasteiger partial charge in [-0.3, -0.25) is 0 Å². The summed E-state index contributed by atoms with van der Waals surface area (Å²) in [6.45, 7) is 1.99. The van der Waals surface area contributed by atoms with Crippen molar-refractivity contribution >= 4 is 20.6 Å². The van der Waals surface area contributed by atoms with E-state index in [-0.39, 0.29) is 4.90 Å². The number of sulfone groups is 1. The van der Waals surface area contributed by atoms with Crippen molar-refractivity contribution in [1.29, 1.82) is 5.26 Å². The molecule has 0 heterocycles. The Balaban J connectivity index is 2.61. The van der Waals surface area contributed by atoms with Crippen LogP contribution in [0.2, 0.25) is 0 Å². The lowest BCUT2D eigenvalue weighted by atomic mass is 10.1. The van der Waals surface area contributed by atoms with Crippen LogP contribution in [0.3, 0.4) is 0 Å². The Hall–Kier alpha value is -1.86. The van der Waals surface area contributed by atoms with Gasteiger partial charge in [-0.15, -0.1) is 0 Å². The SMILES string of the molecule is Cc1ccc2cc(S(=O)(=O)CC#N)ccc2c1. The van der Waals surface area contributed by atoms with Crippen molar-refractivity contribution < 1.29 is 8.42 Å². The minimum Gasteiger partial charge on any atom is -0.223 e. The average Bonchev–Trinajstić information content (AvgIpc) is 2.28. The summed E-state index contributed by atoms with van der Waals surface area (Å²) in [7, 11) is -3.47. The Labute approximate surface area is 100 Å². The largest absolute Gasteiger partial charge is 0.223 e. The van der Waals surface area contributed by atoms with E-state index in [0.29, 0.717) is 0 Å². The molecule has 0 amide bonds. The van der Waals surface area contributed by atoms with Crippen molar-refractivity contribution in [2.75, 3.05) is 5.75 Å². The minimum absolute atomic E-state index is 0.204. The highest BCUT2D eigenvalue weighted by molar-refractivity contribution is 7.91. The minimum atomic E-state index is -3.47. The van der Waals surface area contributed by atoms with Gasteiger partial charge in [0.2, 0.25) is 0 Å². The molecule has 86 valence electrons. The molecule has 2 rings (SSSR count). The Kier molecular flexibility index (Phi) is 2.86. The van der Waals surface area contributed by atoms with Gasteiger partial charge in [-0.25, -0.2) is 8.42 Å². The normalized spacial score (nSPS) is 11.3. The molecule has 0 aliphatic carbocycles. The molecule has 3 nitrogen and oxygen atoms in total. The van der Waals surface area contributed by atoms with Gasteiger partial charge in [0.25, 0.3) is 0 Å². The second-order valence-corrected chi connectivity index (χ2v) is 5.92. The monoisotopic (exact) mass is 245 g/mol. The van der Waals surface area contributed by atoms with Crippen LogP contribution in [0.1, 0.15) is 5.56 Å². The van der Waals surface area contributed by atoms with Crippen LogP contribution in [0.15, 0.2) is 41.3 Å². The van der Waals surface area contributed by atoms with Crippen LogP contribution in [-0.2, 0) is 9.84 Å². The molecule has 0 aromatic heterocycles. The smallest absolute Gasteiger partial charge is 0.191 e. The maximum absolute atomic E-state index is 11.7. The first kappa shape index (κ1) is 11.6. The van der Waals surface area contributed by atoms with Gasteiger partial charge in [0.15, 0.2) is 9.84 Å². The number of rotatable bonds is 2. The van der Waals surface area contributed by atoms with Crippen LogP contribution in [0, 0.1) is 18.3 Å². The number of benzene rings is 2. The van der Waals surface area contributed by atoms with E-state index in [0.717, 1.165) is 16.3 Å². The highest BCUT2D eigenvalue weighted by atomic mass is 32.2. The van der Waals surface area contributed by atoms with E-state index < -0.39 is 15.6 Å². The molecular weight excluding hydrogens is 234 g/mol. The molecule has 0 N–H and O–H groups in total. The molecular formula is C13H11NO2S. The molecule has 0 saturated carbocycles. The molecule has 0 atom stereocenters. The third-order valence-corrected chi connectivity index (χ3v) is 4.06. The molecule has 0 unspecified atom stereocenters. The van der Waals surface area contributed by atoms with Gasteiger partial charge in [-0.1, -0.05) is 29.8 Å². The fourth-order valence-electron chi connectivity index (χ4n) is 1.71. The van der Waals surface area contributed by atoms with Crippen LogP contribution >= 0.6 is 0 Å². The van der Waals surface area contributed by atoms with Crippen LogP contribution < -0.4 is 0 Å². The summed E-state index contributed by atoms with van der Waals surface area (Å²) in [6.07, 6.45) is 0. The van der Waals surface area contributed by atoms with Gasteiger partial charge in [0, 0.05) is 0 Å². The Morgan fingerprint density at radius 1 is 1.12 bits per heavy atom. The number of nitriles is 1. The molecule has 0 bridgehead atoms. The maximum atomic E-state index is 11.7. The first-order chi connectivity index (χ1) is 8.03. The standard InChI is InChI=1S/C13H11NO2S/c1-10-2-3-12-9-13(5-4-11(12)8-10)17(15,16)7-6-14/h2-5,8-9H,7H2,1H3. The average molecular weight is 245 g/mol. The first-order valence-corrected chi connectivity index (χ1v) is 6.78. The van der Waals surface area contributed by atoms with E-state index in [1.165, 1.54) is 0 Å². The molecule has 2 aromatic rings. The summed E-state index contributed by atoms with van der Waals surface area (Å²) in [5.74, 6) is -0.482. The molecule has 2 aromatic carbocycles. The third kappa shape index (κ3) is 2.29. The van der Waals surface area contributed by atoms with E-state index in [1.54, 1.807) is 24.3 Å².